The number of carbonyl (C=O) groups excluding carboxylic acids is 2. The van der Waals surface area contributed by atoms with Crippen molar-refractivity contribution < 1.29 is 27.5 Å². The van der Waals surface area contributed by atoms with Gasteiger partial charge in [0.05, 0.1) is 24.7 Å². The molecule has 0 spiro atoms. The van der Waals surface area contributed by atoms with Crippen molar-refractivity contribution in [3.8, 4) is 0 Å². The smallest absolute Gasteiger partial charge is 0.312 e. The number of likely N-dealkylation sites (N-methyl/N-ethyl adjacent to an activating group) is 1. The topological polar surface area (TPSA) is 93.2 Å². The molecular formula is C14H26N2O6S. The molecule has 1 aliphatic heterocycles. The van der Waals surface area contributed by atoms with Crippen LogP contribution in [0, 0.1) is 0 Å². The van der Waals surface area contributed by atoms with Gasteiger partial charge in [0.25, 0.3) is 0 Å². The zero-order valence-electron chi connectivity index (χ0n) is 14.0. The van der Waals surface area contributed by atoms with E-state index < -0.39 is 27.7 Å². The van der Waals surface area contributed by atoms with E-state index in [9.17, 15) is 18.0 Å². The molecule has 0 radical (unpaired) electrons. The van der Waals surface area contributed by atoms with Crippen molar-refractivity contribution in [3.63, 3.8) is 0 Å². The average molecular weight is 350 g/mol. The summed E-state index contributed by atoms with van der Waals surface area (Å²) < 4.78 is 33.1. The van der Waals surface area contributed by atoms with Gasteiger partial charge < -0.3 is 19.3 Å². The number of amides is 2. The van der Waals surface area contributed by atoms with E-state index in [0.717, 1.165) is 0 Å². The van der Waals surface area contributed by atoms with Crippen molar-refractivity contribution in [3.05, 3.63) is 0 Å². The van der Waals surface area contributed by atoms with Crippen LogP contribution in [0.15, 0.2) is 0 Å². The van der Waals surface area contributed by atoms with E-state index in [1.54, 1.807) is 6.92 Å². The van der Waals surface area contributed by atoms with Crippen LogP contribution in [-0.4, -0.2) is 94.6 Å². The molecule has 1 aliphatic rings. The Morgan fingerprint density at radius 2 is 1.65 bits per heavy atom. The molecule has 2 amide bonds. The number of hydrogen-bond acceptors (Lipinski definition) is 6. The second-order valence-electron chi connectivity index (χ2n) is 5.43. The SMILES string of the molecule is CCN(C(=O)C(=O)N(CCOC)CCOC)C1CCS(=O)(=O)C1. The summed E-state index contributed by atoms with van der Waals surface area (Å²) in [5.74, 6) is -1.32. The van der Waals surface area contributed by atoms with E-state index in [2.05, 4.69) is 0 Å². The molecule has 0 aromatic heterocycles. The average Bonchev–Trinajstić information content (AvgIpc) is 2.87. The van der Waals surface area contributed by atoms with Gasteiger partial charge in [0, 0.05) is 39.9 Å². The number of sulfone groups is 1. The molecule has 0 bridgehead atoms. The number of methoxy groups -OCH3 is 2. The normalized spacial score (nSPS) is 19.5. The van der Waals surface area contributed by atoms with E-state index in [4.69, 9.17) is 9.47 Å². The summed E-state index contributed by atoms with van der Waals surface area (Å²) in [6, 6.07) is -0.423. The van der Waals surface area contributed by atoms with Gasteiger partial charge in [0.2, 0.25) is 0 Å². The second kappa shape index (κ2) is 9.19. The molecule has 1 heterocycles. The van der Waals surface area contributed by atoms with Crippen LogP contribution in [0.2, 0.25) is 0 Å². The Kier molecular flexibility index (Phi) is 7.93. The van der Waals surface area contributed by atoms with E-state index >= 15 is 0 Å². The summed E-state index contributed by atoms with van der Waals surface area (Å²) >= 11 is 0. The van der Waals surface area contributed by atoms with Crippen molar-refractivity contribution in [2.45, 2.75) is 19.4 Å². The van der Waals surface area contributed by atoms with Crippen molar-refractivity contribution in [1.82, 2.24) is 9.80 Å². The first kappa shape index (κ1) is 19.9. The number of hydrogen-bond donors (Lipinski definition) is 0. The lowest BCUT2D eigenvalue weighted by molar-refractivity contribution is -0.153. The van der Waals surface area contributed by atoms with Crippen molar-refractivity contribution in [1.29, 1.82) is 0 Å². The standard InChI is InChI=1S/C14H26N2O6S/c1-4-16(12-5-10-23(19,20)11-12)14(18)13(17)15(6-8-21-2)7-9-22-3/h12H,4-11H2,1-3H3. The lowest BCUT2D eigenvalue weighted by Crippen LogP contribution is -2.50. The van der Waals surface area contributed by atoms with E-state index in [-0.39, 0.29) is 24.6 Å². The molecule has 134 valence electrons. The van der Waals surface area contributed by atoms with Gasteiger partial charge in [0.1, 0.15) is 0 Å². The van der Waals surface area contributed by atoms with Gasteiger partial charge in [-0.3, -0.25) is 9.59 Å². The molecule has 1 unspecified atom stereocenters. The third-order valence-electron chi connectivity index (χ3n) is 3.85. The molecule has 0 aromatic carbocycles. The zero-order valence-corrected chi connectivity index (χ0v) is 14.8. The lowest BCUT2D eigenvalue weighted by atomic mass is 10.2. The fourth-order valence-electron chi connectivity index (χ4n) is 2.56. The highest BCUT2D eigenvalue weighted by Crippen LogP contribution is 2.18. The molecule has 1 atom stereocenters. The fraction of sp³-hybridized carbons (Fsp3) is 0.857. The third-order valence-corrected chi connectivity index (χ3v) is 5.60. The summed E-state index contributed by atoms with van der Waals surface area (Å²) in [6.07, 6.45) is 0.380. The van der Waals surface area contributed by atoms with Gasteiger partial charge in [-0.15, -0.1) is 0 Å². The molecule has 0 aliphatic carbocycles. The van der Waals surface area contributed by atoms with Crippen LogP contribution in [-0.2, 0) is 28.9 Å². The van der Waals surface area contributed by atoms with E-state index in [0.29, 0.717) is 26.2 Å². The molecule has 8 nitrogen and oxygen atoms in total. The minimum absolute atomic E-state index is 0.0622. The largest absolute Gasteiger partial charge is 0.383 e. The molecule has 1 fully saturated rings. The summed E-state index contributed by atoms with van der Waals surface area (Å²) in [5, 5.41) is 0. The van der Waals surface area contributed by atoms with Crippen molar-refractivity contribution in [2.24, 2.45) is 0 Å². The quantitative estimate of drug-likeness (QED) is 0.529. The van der Waals surface area contributed by atoms with Crippen LogP contribution >= 0.6 is 0 Å². The second-order valence-corrected chi connectivity index (χ2v) is 7.65. The van der Waals surface area contributed by atoms with Crippen LogP contribution < -0.4 is 0 Å². The lowest BCUT2D eigenvalue weighted by Gasteiger charge is -2.29. The molecular weight excluding hydrogens is 324 g/mol. The highest BCUT2D eigenvalue weighted by molar-refractivity contribution is 7.91. The van der Waals surface area contributed by atoms with Crippen LogP contribution in [0.3, 0.4) is 0 Å². The molecule has 0 saturated carbocycles. The number of nitrogens with zero attached hydrogens (tertiary/aromatic N) is 2. The molecule has 0 N–H and O–H groups in total. The molecule has 1 rings (SSSR count). The van der Waals surface area contributed by atoms with Gasteiger partial charge in [-0.1, -0.05) is 0 Å². The summed E-state index contributed by atoms with van der Waals surface area (Å²) in [5.41, 5.74) is 0. The minimum atomic E-state index is -3.12. The monoisotopic (exact) mass is 350 g/mol. The van der Waals surface area contributed by atoms with Crippen LogP contribution in [0.25, 0.3) is 0 Å². The Bertz CT molecular complexity index is 499. The molecule has 23 heavy (non-hydrogen) atoms. The number of ether oxygens (including phenoxy) is 2. The predicted molar refractivity (Wildman–Crippen MR) is 84.8 cm³/mol. The fourth-order valence-corrected chi connectivity index (χ4v) is 4.30. The Balaban J connectivity index is 2.78. The number of carbonyl (C=O) groups is 2. The van der Waals surface area contributed by atoms with Gasteiger partial charge in [-0.25, -0.2) is 8.42 Å². The summed E-state index contributed by atoms with van der Waals surface area (Å²) in [4.78, 5) is 27.7. The molecule has 1 saturated heterocycles. The molecule has 0 aromatic rings. The Morgan fingerprint density at radius 3 is 2.04 bits per heavy atom. The Morgan fingerprint density at radius 1 is 1.09 bits per heavy atom. The van der Waals surface area contributed by atoms with Crippen LogP contribution in [0.5, 0.6) is 0 Å². The van der Waals surface area contributed by atoms with Crippen molar-refractivity contribution >= 4 is 21.7 Å². The maximum atomic E-state index is 12.5. The minimum Gasteiger partial charge on any atom is -0.383 e. The highest BCUT2D eigenvalue weighted by atomic mass is 32.2. The van der Waals surface area contributed by atoms with Crippen LogP contribution in [0.1, 0.15) is 13.3 Å². The van der Waals surface area contributed by atoms with E-state index in [1.807, 2.05) is 0 Å². The maximum absolute atomic E-state index is 12.5. The molecule has 9 heteroatoms. The first-order chi connectivity index (χ1) is 10.9. The maximum Gasteiger partial charge on any atom is 0.312 e. The first-order valence-corrected chi connectivity index (χ1v) is 9.46. The predicted octanol–water partition coefficient (Wildman–Crippen LogP) is -0.857. The van der Waals surface area contributed by atoms with Gasteiger partial charge in [0.15, 0.2) is 9.84 Å². The summed E-state index contributed by atoms with van der Waals surface area (Å²) in [7, 11) is -0.0844. The van der Waals surface area contributed by atoms with Gasteiger partial charge in [-0.2, -0.15) is 0 Å². The van der Waals surface area contributed by atoms with Gasteiger partial charge >= 0.3 is 11.8 Å². The van der Waals surface area contributed by atoms with Gasteiger partial charge in [-0.05, 0) is 13.3 Å². The van der Waals surface area contributed by atoms with Crippen LogP contribution in [0.4, 0.5) is 0 Å². The zero-order chi connectivity index (χ0) is 17.5. The Labute approximate surface area is 137 Å². The Hall–Kier alpha value is -1.19. The van der Waals surface area contributed by atoms with E-state index in [1.165, 1.54) is 24.0 Å². The summed E-state index contributed by atoms with van der Waals surface area (Å²) in [6.45, 7) is 3.23. The third kappa shape index (κ3) is 5.74. The number of rotatable bonds is 8. The highest BCUT2D eigenvalue weighted by Gasteiger charge is 2.37. The first-order valence-electron chi connectivity index (χ1n) is 7.64. The van der Waals surface area contributed by atoms with Crippen molar-refractivity contribution in [2.75, 3.05) is 58.6 Å².